The summed E-state index contributed by atoms with van der Waals surface area (Å²) in [6.45, 7) is 3.03. The number of thiophene rings is 1. The Labute approximate surface area is 176 Å². The van der Waals surface area contributed by atoms with Gasteiger partial charge in [0.2, 0.25) is 15.9 Å². The van der Waals surface area contributed by atoms with Gasteiger partial charge in [0, 0.05) is 37.1 Å². The second kappa shape index (κ2) is 8.95. The molecule has 0 radical (unpaired) electrons. The van der Waals surface area contributed by atoms with Gasteiger partial charge in [0.15, 0.2) is 0 Å². The van der Waals surface area contributed by atoms with Crippen LogP contribution in [0.25, 0.3) is 0 Å². The number of amides is 1. The summed E-state index contributed by atoms with van der Waals surface area (Å²) in [7, 11) is -3.36. The molecule has 2 aliphatic rings. The largest absolute Gasteiger partial charge is 0.339 e. The van der Waals surface area contributed by atoms with Crippen molar-refractivity contribution in [2.45, 2.75) is 24.6 Å². The Hall–Kier alpha value is -1.74. The van der Waals surface area contributed by atoms with E-state index >= 15 is 0 Å². The summed E-state index contributed by atoms with van der Waals surface area (Å²) in [5.74, 6) is 0.117. The van der Waals surface area contributed by atoms with Crippen LogP contribution in [-0.2, 0) is 20.6 Å². The van der Waals surface area contributed by atoms with Crippen LogP contribution in [0.5, 0.6) is 0 Å². The van der Waals surface area contributed by atoms with Crippen molar-refractivity contribution in [1.82, 2.24) is 14.1 Å². The van der Waals surface area contributed by atoms with E-state index in [1.807, 2.05) is 35.2 Å². The highest BCUT2D eigenvalue weighted by Crippen LogP contribution is 2.34. The predicted octanol–water partition coefficient (Wildman–Crippen LogP) is 2.56. The summed E-state index contributed by atoms with van der Waals surface area (Å²) in [4.78, 5) is 18.3. The number of carbonyl (C=O) groups excluding carboxylic acids is 1. The van der Waals surface area contributed by atoms with Gasteiger partial charge in [0.25, 0.3) is 0 Å². The highest BCUT2D eigenvalue weighted by Gasteiger charge is 2.32. The maximum absolute atomic E-state index is 12.8. The first-order valence-corrected chi connectivity index (χ1v) is 12.6. The number of nitrogens with zero attached hydrogens (tertiary/aromatic N) is 3. The number of rotatable bonds is 6. The summed E-state index contributed by atoms with van der Waals surface area (Å²) in [5, 5.41) is 2.09. The second-order valence-electron chi connectivity index (χ2n) is 7.67. The lowest BCUT2D eigenvalue weighted by molar-refractivity contribution is -0.133. The molecule has 2 aliphatic heterocycles. The molecule has 2 aromatic rings. The van der Waals surface area contributed by atoms with Gasteiger partial charge in [-0.1, -0.05) is 36.4 Å². The van der Waals surface area contributed by atoms with Crippen LogP contribution in [0.15, 0.2) is 47.8 Å². The fraction of sp³-hybridized carbons (Fsp3) is 0.476. The lowest BCUT2D eigenvalue weighted by atomic mass is 10.2. The third-order valence-corrected chi connectivity index (χ3v) is 8.57. The number of hydrogen-bond acceptors (Lipinski definition) is 5. The molecular weight excluding hydrogens is 406 g/mol. The van der Waals surface area contributed by atoms with Gasteiger partial charge in [-0.2, -0.15) is 4.31 Å². The van der Waals surface area contributed by atoms with Crippen LogP contribution >= 0.6 is 11.3 Å². The van der Waals surface area contributed by atoms with Gasteiger partial charge in [0.05, 0.1) is 12.3 Å². The minimum absolute atomic E-state index is 0.0120. The van der Waals surface area contributed by atoms with Gasteiger partial charge in [0.1, 0.15) is 0 Å². The molecule has 0 saturated carbocycles. The Morgan fingerprint density at radius 3 is 2.45 bits per heavy atom. The maximum Gasteiger partial charge on any atom is 0.236 e. The van der Waals surface area contributed by atoms with Crippen LogP contribution in [0.3, 0.4) is 0 Å². The maximum atomic E-state index is 12.8. The van der Waals surface area contributed by atoms with Crippen molar-refractivity contribution in [3.8, 4) is 0 Å². The van der Waals surface area contributed by atoms with E-state index in [2.05, 4.69) is 22.4 Å². The molecule has 0 bridgehead atoms. The summed E-state index contributed by atoms with van der Waals surface area (Å²) in [5.41, 5.74) is 0.791. The molecule has 29 heavy (non-hydrogen) atoms. The Balaban J connectivity index is 1.30. The molecule has 6 nitrogen and oxygen atoms in total. The second-order valence-corrected chi connectivity index (χ2v) is 10.6. The fourth-order valence-electron chi connectivity index (χ4n) is 4.18. The molecule has 2 fully saturated rings. The average Bonchev–Trinajstić information content (AvgIpc) is 3.40. The molecule has 0 aliphatic carbocycles. The highest BCUT2D eigenvalue weighted by atomic mass is 32.2. The van der Waals surface area contributed by atoms with Crippen molar-refractivity contribution in [2.75, 3.05) is 39.3 Å². The minimum Gasteiger partial charge on any atom is -0.339 e. The molecule has 1 atom stereocenters. The van der Waals surface area contributed by atoms with E-state index in [-0.39, 0.29) is 11.7 Å². The van der Waals surface area contributed by atoms with Crippen molar-refractivity contribution in [1.29, 1.82) is 0 Å². The van der Waals surface area contributed by atoms with E-state index in [0.29, 0.717) is 38.8 Å². The van der Waals surface area contributed by atoms with Crippen LogP contribution in [0.2, 0.25) is 0 Å². The molecule has 1 amide bonds. The van der Waals surface area contributed by atoms with E-state index in [4.69, 9.17) is 0 Å². The normalized spacial score (nSPS) is 21.5. The summed E-state index contributed by atoms with van der Waals surface area (Å²) >= 11 is 1.75. The zero-order valence-electron chi connectivity index (χ0n) is 16.4. The van der Waals surface area contributed by atoms with Crippen LogP contribution in [0.4, 0.5) is 0 Å². The highest BCUT2D eigenvalue weighted by molar-refractivity contribution is 7.88. The molecule has 8 heteroatoms. The summed E-state index contributed by atoms with van der Waals surface area (Å²) in [6, 6.07) is 13.8. The predicted molar refractivity (Wildman–Crippen MR) is 115 cm³/mol. The Kier molecular flexibility index (Phi) is 6.34. The van der Waals surface area contributed by atoms with Gasteiger partial charge < -0.3 is 4.90 Å². The molecular formula is C21H27N3O3S2. The van der Waals surface area contributed by atoms with E-state index < -0.39 is 10.0 Å². The SMILES string of the molecule is O=C(CN1CCC[C@@H]1c1cccs1)N1CCN(S(=O)(=O)Cc2ccccc2)CC1. The number of hydrogen-bond donors (Lipinski definition) is 0. The topological polar surface area (TPSA) is 60.9 Å². The number of piperazine rings is 1. The van der Waals surface area contributed by atoms with E-state index in [0.717, 1.165) is 24.9 Å². The third kappa shape index (κ3) is 4.88. The van der Waals surface area contributed by atoms with E-state index in [1.54, 1.807) is 11.3 Å². The van der Waals surface area contributed by atoms with Crippen molar-refractivity contribution in [3.05, 3.63) is 58.3 Å². The third-order valence-electron chi connectivity index (χ3n) is 5.75. The van der Waals surface area contributed by atoms with Gasteiger partial charge in [-0.15, -0.1) is 11.3 Å². The molecule has 0 spiro atoms. The van der Waals surface area contributed by atoms with E-state index in [1.165, 1.54) is 9.18 Å². The first kappa shape index (κ1) is 20.5. The van der Waals surface area contributed by atoms with Crippen molar-refractivity contribution in [2.24, 2.45) is 0 Å². The zero-order chi connectivity index (χ0) is 20.3. The van der Waals surface area contributed by atoms with Gasteiger partial charge in [-0.3, -0.25) is 9.69 Å². The van der Waals surface area contributed by atoms with E-state index in [9.17, 15) is 13.2 Å². The first-order chi connectivity index (χ1) is 14.0. The Morgan fingerprint density at radius 2 is 1.76 bits per heavy atom. The number of carbonyl (C=O) groups is 1. The molecule has 4 rings (SSSR count). The lowest BCUT2D eigenvalue weighted by Gasteiger charge is -2.35. The number of benzene rings is 1. The Morgan fingerprint density at radius 1 is 1.00 bits per heavy atom. The molecule has 3 heterocycles. The Bertz CT molecular complexity index is 908. The molecule has 156 valence electrons. The van der Waals surface area contributed by atoms with Gasteiger partial charge in [-0.05, 0) is 36.4 Å². The average molecular weight is 434 g/mol. The van der Waals surface area contributed by atoms with Crippen molar-refractivity contribution < 1.29 is 13.2 Å². The first-order valence-electron chi connectivity index (χ1n) is 10.1. The van der Waals surface area contributed by atoms with Crippen molar-refractivity contribution >= 4 is 27.3 Å². The smallest absolute Gasteiger partial charge is 0.236 e. The monoisotopic (exact) mass is 433 g/mol. The lowest BCUT2D eigenvalue weighted by Crippen LogP contribution is -2.52. The van der Waals surface area contributed by atoms with Gasteiger partial charge in [-0.25, -0.2) is 8.42 Å². The van der Waals surface area contributed by atoms with Crippen molar-refractivity contribution in [3.63, 3.8) is 0 Å². The quantitative estimate of drug-likeness (QED) is 0.703. The zero-order valence-corrected chi connectivity index (χ0v) is 18.1. The number of likely N-dealkylation sites (tertiary alicyclic amines) is 1. The standard InChI is InChI=1S/C21H27N3O3S2/c25-21(16-23-10-4-8-19(23)20-9-5-15-28-20)22-11-13-24(14-12-22)29(26,27)17-18-6-2-1-3-7-18/h1-3,5-7,9,15,19H,4,8,10-14,16-17H2/t19-/m1/s1. The molecule has 1 aromatic heterocycles. The van der Waals surface area contributed by atoms with Crippen LogP contribution in [0.1, 0.15) is 29.3 Å². The molecule has 0 unspecified atom stereocenters. The minimum atomic E-state index is -3.36. The van der Waals surface area contributed by atoms with Crippen LogP contribution < -0.4 is 0 Å². The molecule has 1 aromatic carbocycles. The molecule has 0 N–H and O–H groups in total. The van der Waals surface area contributed by atoms with Crippen LogP contribution in [0, 0.1) is 0 Å². The fourth-order valence-corrected chi connectivity index (χ4v) is 6.60. The molecule has 2 saturated heterocycles. The number of sulfonamides is 1. The van der Waals surface area contributed by atoms with Gasteiger partial charge >= 0.3 is 0 Å². The van der Waals surface area contributed by atoms with Crippen LogP contribution in [-0.4, -0.2) is 67.7 Å². The summed E-state index contributed by atoms with van der Waals surface area (Å²) < 4.78 is 26.9. The summed E-state index contributed by atoms with van der Waals surface area (Å²) in [6.07, 6.45) is 2.21.